The number of para-hydroxylation sites is 1. The van der Waals surface area contributed by atoms with Gasteiger partial charge < -0.3 is 4.42 Å². The van der Waals surface area contributed by atoms with Crippen LogP contribution in [-0.2, 0) is 0 Å². The molecule has 0 radical (unpaired) electrons. The zero-order valence-electron chi connectivity index (χ0n) is 25.3. The monoisotopic (exact) mass is 601 g/mol. The van der Waals surface area contributed by atoms with Gasteiger partial charge in [0, 0.05) is 38.4 Å². The molecule has 0 spiro atoms. The highest BCUT2D eigenvalue weighted by Crippen LogP contribution is 2.42. The van der Waals surface area contributed by atoms with Crippen molar-refractivity contribution in [1.29, 1.82) is 0 Å². The lowest BCUT2D eigenvalue weighted by atomic mass is 9.98. The highest BCUT2D eigenvalue weighted by atomic mass is 16.3. The first-order valence-electron chi connectivity index (χ1n) is 15.7. The lowest BCUT2D eigenvalue weighted by Gasteiger charge is -2.11. The molecule has 0 bridgehead atoms. The van der Waals surface area contributed by atoms with Crippen molar-refractivity contribution in [2.75, 3.05) is 0 Å². The first-order chi connectivity index (χ1) is 23.3. The third kappa shape index (κ3) is 4.75. The van der Waals surface area contributed by atoms with Gasteiger partial charge in [-0.15, -0.1) is 0 Å². The summed E-state index contributed by atoms with van der Waals surface area (Å²) in [4.78, 5) is 15.2. The first kappa shape index (κ1) is 27.0. The Bertz CT molecular complexity index is 2540. The Morgan fingerprint density at radius 2 is 0.766 bits per heavy atom. The number of fused-ring (bicyclic) bond motifs is 5. The number of hydrogen-bond acceptors (Lipinski definition) is 4. The van der Waals surface area contributed by atoms with Crippen LogP contribution >= 0.6 is 0 Å². The molecule has 0 unspecified atom stereocenters. The highest BCUT2D eigenvalue weighted by molar-refractivity contribution is 6.20. The van der Waals surface area contributed by atoms with Crippen LogP contribution < -0.4 is 0 Å². The van der Waals surface area contributed by atoms with E-state index in [-0.39, 0.29) is 0 Å². The molecule has 0 N–H and O–H groups in total. The van der Waals surface area contributed by atoms with E-state index >= 15 is 0 Å². The standard InChI is InChI=1S/C43H27N3O/c1-4-13-28(14-5-1)29-23-25-32(26-24-29)42-44-41(31-17-8-3-9-18-31)45-43(46-42)38-27-37-36-22-12-21-33(30-15-6-2-7-16-30)39(36)47-40(37)35-20-11-10-19-34(35)38/h1-27H. The number of benzene rings is 7. The molecular formula is C43H27N3O. The maximum atomic E-state index is 6.72. The molecule has 2 aromatic heterocycles. The van der Waals surface area contributed by atoms with Gasteiger partial charge in [-0.1, -0.05) is 158 Å². The van der Waals surface area contributed by atoms with E-state index in [0.717, 1.165) is 66.1 Å². The van der Waals surface area contributed by atoms with E-state index in [9.17, 15) is 0 Å². The van der Waals surface area contributed by atoms with E-state index in [1.54, 1.807) is 0 Å². The largest absolute Gasteiger partial charge is 0.455 e. The molecule has 4 nitrogen and oxygen atoms in total. The summed E-state index contributed by atoms with van der Waals surface area (Å²) < 4.78 is 6.72. The van der Waals surface area contributed by atoms with Gasteiger partial charge in [0.25, 0.3) is 0 Å². The Hall–Kier alpha value is -6.39. The fourth-order valence-corrected chi connectivity index (χ4v) is 6.43. The maximum Gasteiger partial charge on any atom is 0.164 e. The summed E-state index contributed by atoms with van der Waals surface area (Å²) in [5.41, 5.74) is 9.03. The van der Waals surface area contributed by atoms with Crippen LogP contribution in [0.2, 0.25) is 0 Å². The second kappa shape index (κ2) is 11.2. The second-order valence-corrected chi connectivity index (χ2v) is 11.6. The van der Waals surface area contributed by atoms with Gasteiger partial charge in [0.05, 0.1) is 0 Å². The smallest absolute Gasteiger partial charge is 0.164 e. The molecule has 0 aliphatic rings. The summed E-state index contributed by atoms with van der Waals surface area (Å²) in [6, 6.07) is 56.2. The van der Waals surface area contributed by atoms with Crippen LogP contribution in [0.15, 0.2) is 168 Å². The second-order valence-electron chi connectivity index (χ2n) is 11.6. The molecular weight excluding hydrogens is 574 g/mol. The van der Waals surface area contributed by atoms with Crippen LogP contribution in [0, 0.1) is 0 Å². The number of aromatic nitrogens is 3. The Morgan fingerprint density at radius 1 is 0.298 bits per heavy atom. The van der Waals surface area contributed by atoms with Crippen LogP contribution in [0.25, 0.3) is 89.1 Å². The van der Waals surface area contributed by atoms with E-state index in [0.29, 0.717) is 17.5 Å². The van der Waals surface area contributed by atoms with Crippen molar-refractivity contribution in [3.8, 4) is 56.4 Å². The SMILES string of the molecule is c1ccc(-c2ccc(-c3nc(-c4ccccc4)nc(-c4cc5c6cccc(-c7ccccc7)c6oc5c5ccccc45)n3)cc2)cc1. The van der Waals surface area contributed by atoms with Crippen LogP contribution in [0.4, 0.5) is 0 Å². The fraction of sp³-hybridized carbons (Fsp3) is 0. The third-order valence-electron chi connectivity index (χ3n) is 8.75. The molecule has 9 rings (SSSR count). The quantitative estimate of drug-likeness (QED) is 0.197. The molecule has 47 heavy (non-hydrogen) atoms. The number of rotatable bonds is 5. The number of nitrogens with zero attached hydrogens (tertiary/aromatic N) is 3. The minimum atomic E-state index is 0.618. The van der Waals surface area contributed by atoms with E-state index in [1.807, 2.05) is 42.5 Å². The molecule has 220 valence electrons. The molecule has 0 saturated heterocycles. The van der Waals surface area contributed by atoms with Crippen molar-refractivity contribution in [3.63, 3.8) is 0 Å². The van der Waals surface area contributed by atoms with Crippen molar-refractivity contribution in [1.82, 2.24) is 15.0 Å². The minimum absolute atomic E-state index is 0.618. The van der Waals surface area contributed by atoms with Crippen molar-refractivity contribution < 1.29 is 4.42 Å². The molecule has 7 aromatic carbocycles. The minimum Gasteiger partial charge on any atom is -0.455 e. The number of hydrogen-bond donors (Lipinski definition) is 0. The van der Waals surface area contributed by atoms with Gasteiger partial charge in [-0.3, -0.25) is 0 Å². The van der Waals surface area contributed by atoms with Gasteiger partial charge >= 0.3 is 0 Å². The zero-order chi connectivity index (χ0) is 31.2. The van der Waals surface area contributed by atoms with Gasteiger partial charge in [-0.25, -0.2) is 15.0 Å². The average Bonchev–Trinajstić information content (AvgIpc) is 3.55. The van der Waals surface area contributed by atoms with Crippen LogP contribution in [-0.4, -0.2) is 15.0 Å². The molecule has 2 heterocycles. The zero-order valence-corrected chi connectivity index (χ0v) is 25.3. The summed E-state index contributed by atoms with van der Waals surface area (Å²) in [5, 5.41) is 4.13. The summed E-state index contributed by atoms with van der Waals surface area (Å²) >= 11 is 0. The molecule has 0 saturated carbocycles. The van der Waals surface area contributed by atoms with Crippen molar-refractivity contribution in [2.45, 2.75) is 0 Å². The molecule has 0 aliphatic heterocycles. The third-order valence-corrected chi connectivity index (χ3v) is 8.75. The highest BCUT2D eigenvalue weighted by Gasteiger charge is 2.20. The van der Waals surface area contributed by atoms with E-state index in [1.165, 1.54) is 5.56 Å². The van der Waals surface area contributed by atoms with E-state index < -0.39 is 0 Å². The average molecular weight is 602 g/mol. The molecule has 0 aliphatic carbocycles. The van der Waals surface area contributed by atoms with Gasteiger partial charge in [-0.05, 0) is 28.1 Å². The summed E-state index contributed by atoms with van der Waals surface area (Å²) in [6.07, 6.45) is 0. The first-order valence-corrected chi connectivity index (χ1v) is 15.7. The molecule has 0 amide bonds. The van der Waals surface area contributed by atoms with Gasteiger partial charge in [0.15, 0.2) is 17.5 Å². The van der Waals surface area contributed by atoms with Gasteiger partial charge in [0.1, 0.15) is 11.2 Å². The molecule has 9 aromatic rings. The summed E-state index contributed by atoms with van der Waals surface area (Å²) in [6.45, 7) is 0. The Morgan fingerprint density at radius 3 is 1.45 bits per heavy atom. The predicted octanol–water partition coefficient (Wildman–Crippen LogP) is 11.3. The Kier molecular flexibility index (Phi) is 6.43. The van der Waals surface area contributed by atoms with Crippen molar-refractivity contribution >= 4 is 32.7 Å². The Balaban J connectivity index is 1.28. The molecule has 0 atom stereocenters. The Labute approximate surface area is 271 Å². The van der Waals surface area contributed by atoms with Crippen molar-refractivity contribution in [2.24, 2.45) is 0 Å². The number of furan rings is 1. The van der Waals surface area contributed by atoms with Crippen LogP contribution in [0.1, 0.15) is 0 Å². The summed E-state index contributed by atoms with van der Waals surface area (Å²) in [7, 11) is 0. The summed E-state index contributed by atoms with van der Waals surface area (Å²) in [5.74, 6) is 1.87. The maximum absolute atomic E-state index is 6.72. The van der Waals surface area contributed by atoms with E-state index in [2.05, 4.69) is 121 Å². The molecule has 4 heteroatoms. The lowest BCUT2D eigenvalue weighted by molar-refractivity contribution is 0.674. The van der Waals surface area contributed by atoms with Crippen LogP contribution in [0.5, 0.6) is 0 Å². The van der Waals surface area contributed by atoms with E-state index in [4.69, 9.17) is 19.4 Å². The lowest BCUT2D eigenvalue weighted by Crippen LogP contribution is -2.00. The predicted molar refractivity (Wildman–Crippen MR) is 192 cm³/mol. The van der Waals surface area contributed by atoms with Crippen LogP contribution in [0.3, 0.4) is 0 Å². The van der Waals surface area contributed by atoms with Crippen molar-refractivity contribution in [3.05, 3.63) is 164 Å². The van der Waals surface area contributed by atoms with Gasteiger partial charge in [0.2, 0.25) is 0 Å². The fourth-order valence-electron chi connectivity index (χ4n) is 6.43. The molecule has 0 fully saturated rings. The van der Waals surface area contributed by atoms with Gasteiger partial charge in [-0.2, -0.15) is 0 Å². The normalized spacial score (nSPS) is 11.4. The topological polar surface area (TPSA) is 51.8 Å².